The van der Waals surface area contributed by atoms with Crippen molar-refractivity contribution in [3.05, 3.63) is 64.6 Å². The molecule has 1 amide bonds. The second-order valence-electron chi connectivity index (χ2n) is 8.33. The highest BCUT2D eigenvalue weighted by atomic mass is 16.5. The number of rotatable bonds is 7. The van der Waals surface area contributed by atoms with E-state index in [-0.39, 0.29) is 12.0 Å². The zero-order valence-corrected chi connectivity index (χ0v) is 18.6. The van der Waals surface area contributed by atoms with Gasteiger partial charge in [0.15, 0.2) is 5.65 Å². The molecule has 0 saturated carbocycles. The Morgan fingerprint density at radius 1 is 1.23 bits per heavy atom. The van der Waals surface area contributed by atoms with Crippen LogP contribution in [0.1, 0.15) is 34.6 Å². The van der Waals surface area contributed by atoms with Crippen LogP contribution in [0.4, 0.5) is 0 Å². The van der Waals surface area contributed by atoms with E-state index in [0.717, 1.165) is 47.9 Å². The lowest BCUT2D eigenvalue weighted by atomic mass is 10.1. The molecule has 0 spiro atoms. The number of nitrogens with zero attached hydrogens (tertiary/aromatic N) is 4. The molecule has 1 aliphatic rings. The minimum absolute atomic E-state index is 0.0231. The quantitative estimate of drug-likeness (QED) is 0.635. The monoisotopic (exact) mass is 421 g/mol. The van der Waals surface area contributed by atoms with Crippen molar-refractivity contribution < 1.29 is 9.53 Å². The van der Waals surface area contributed by atoms with Gasteiger partial charge < -0.3 is 10.1 Å². The van der Waals surface area contributed by atoms with Gasteiger partial charge >= 0.3 is 0 Å². The number of hydrogen-bond acceptors (Lipinski definition) is 5. The highest BCUT2D eigenvalue weighted by molar-refractivity contribution is 5.76. The van der Waals surface area contributed by atoms with Crippen molar-refractivity contribution in [1.82, 2.24) is 24.8 Å². The van der Waals surface area contributed by atoms with E-state index in [1.54, 1.807) is 0 Å². The maximum atomic E-state index is 12.5. The number of benzene rings is 1. The van der Waals surface area contributed by atoms with Gasteiger partial charge in [-0.3, -0.25) is 9.69 Å². The molecule has 1 aromatic carbocycles. The number of aromatic nitrogens is 3. The van der Waals surface area contributed by atoms with Gasteiger partial charge in [0.1, 0.15) is 0 Å². The van der Waals surface area contributed by atoms with Crippen LogP contribution in [-0.4, -0.2) is 57.8 Å². The highest BCUT2D eigenvalue weighted by Crippen LogP contribution is 2.17. The first kappa shape index (κ1) is 21.5. The van der Waals surface area contributed by atoms with E-state index >= 15 is 0 Å². The number of hydrogen-bond donors (Lipinski definition) is 1. The van der Waals surface area contributed by atoms with Crippen molar-refractivity contribution in [2.75, 3.05) is 26.2 Å². The van der Waals surface area contributed by atoms with E-state index in [1.165, 1.54) is 5.56 Å². The van der Waals surface area contributed by atoms with Crippen molar-refractivity contribution in [3.8, 4) is 0 Å². The average molecular weight is 422 g/mol. The van der Waals surface area contributed by atoms with E-state index in [9.17, 15) is 4.79 Å². The van der Waals surface area contributed by atoms with E-state index in [2.05, 4.69) is 44.6 Å². The number of morpholine rings is 1. The predicted molar refractivity (Wildman–Crippen MR) is 120 cm³/mol. The normalized spacial score (nSPS) is 17.2. The average Bonchev–Trinajstić information content (AvgIpc) is 3.13. The van der Waals surface area contributed by atoms with Crippen molar-refractivity contribution in [1.29, 1.82) is 0 Å². The number of carbonyl (C=O) groups excluding carboxylic acids is 1. The standard InChI is InChI=1S/C24H31N5O2/c1-17-13-23-26-18(2)22(19(3)29(23)27-17)9-10-24(30)25-14-21-16-28(11-12-31-21)15-20-7-5-4-6-8-20/h4-8,13,21H,9-12,14-16H2,1-3H3,(H,25,30). The summed E-state index contributed by atoms with van der Waals surface area (Å²) in [7, 11) is 0. The van der Waals surface area contributed by atoms with E-state index < -0.39 is 0 Å². The van der Waals surface area contributed by atoms with Gasteiger partial charge in [-0.05, 0) is 38.3 Å². The van der Waals surface area contributed by atoms with Gasteiger partial charge in [-0.1, -0.05) is 30.3 Å². The molecule has 1 saturated heterocycles. The van der Waals surface area contributed by atoms with Crippen LogP contribution in [0, 0.1) is 20.8 Å². The fourth-order valence-electron chi connectivity index (χ4n) is 4.25. The summed E-state index contributed by atoms with van der Waals surface area (Å²) in [5.41, 5.74) is 6.21. The van der Waals surface area contributed by atoms with E-state index in [0.29, 0.717) is 26.0 Å². The van der Waals surface area contributed by atoms with Gasteiger partial charge in [0.2, 0.25) is 5.91 Å². The Hall–Kier alpha value is -2.77. The first-order valence-electron chi connectivity index (χ1n) is 11.0. The molecule has 0 radical (unpaired) electrons. The number of ether oxygens (including phenoxy) is 1. The van der Waals surface area contributed by atoms with Gasteiger partial charge in [-0.15, -0.1) is 0 Å². The summed E-state index contributed by atoms with van der Waals surface area (Å²) in [5, 5.41) is 7.56. The molecule has 1 N–H and O–H groups in total. The van der Waals surface area contributed by atoms with Gasteiger partial charge in [0.05, 0.1) is 18.4 Å². The fraction of sp³-hybridized carbons (Fsp3) is 0.458. The SMILES string of the molecule is Cc1cc2nc(C)c(CCC(=O)NCC3CN(Cc4ccccc4)CCO3)c(C)n2n1. The summed E-state index contributed by atoms with van der Waals surface area (Å²) in [4.78, 5) is 19.5. The maximum Gasteiger partial charge on any atom is 0.220 e. The third kappa shape index (κ3) is 5.29. The molecule has 0 bridgehead atoms. The third-order valence-corrected chi connectivity index (χ3v) is 5.89. The summed E-state index contributed by atoms with van der Waals surface area (Å²) < 4.78 is 7.74. The number of carbonyl (C=O) groups is 1. The molecule has 3 aromatic rings. The Morgan fingerprint density at radius 2 is 2.03 bits per heavy atom. The molecule has 164 valence electrons. The van der Waals surface area contributed by atoms with Crippen LogP contribution in [-0.2, 0) is 22.5 Å². The predicted octanol–water partition coefficient (Wildman–Crippen LogP) is 2.60. The van der Waals surface area contributed by atoms with Crippen LogP contribution in [0.2, 0.25) is 0 Å². The number of amides is 1. The zero-order valence-electron chi connectivity index (χ0n) is 18.6. The molecule has 2 aromatic heterocycles. The zero-order chi connectivity index (χ0) is 21.8. The minimum Gasteiger partial charge on any atom is -0.374 e. The second-order valence-corrected chi connectivity index (χ2v) is 8.33. The second kappa shape index (κ2) is 9.58. The van der Waals surface area contributed by atoms with Crippen LogP contribution in [0.15, 0.2) is 36.4 Å². The lowest BCUT2D eigenvalue weighted by Crippen LogP contribution is -2.47. The molecule has 1 unspecified atom stereocenters. The first-order chi connectivity index (χ1) is 15.0. The van der Waals surface area contributed by atoms with E-state index in [4.69, 9.17) is 4.74 Å². The molecule has 1 atom stereocenters. The molecule has 3 heterocycles. The number of aryl methyl sites for hydroxylation is 3. The Morgan fingerprint density at radius 3 is 2.84 bits per heavy atom. The van der Waals surface area contributed by atoms with Gasteiger partial charge in [0, 0.05) is 50.1 Å². The molecular weight excluding hydrogens is 390 g/mol. The molecule has 0 aliphatic carbocycles. The lowest BCUT2D eigenvalue weighted by Gasteiger charge is -2.33. The number of fused-ring (bicyclic) bond motifs is 1. The first-order valence-corrected chi connectivity index (χ1v) is 11.0. The smallest absolute Gasteiger partial charge is 0.220 e. The van der Waals surface area contributed by atoms with E-state index in [1.807, 2.05) is 37.4 Å². The molecule has 31 heavy (non-hydrogen) atoms. The van der Waals surface area contributed by atoms with Gasteiger partial charge in [-0.25, -0.2) is 9.50 Å². The van der Waals surface area contributed by atoms with Crippen LogP contribution in [0.5, 0.6) is 0 Å². The summed E-state index contributed by atoms with van der Waals surface area (Å²) in [6.07, 6.45) is 1.10. The Kier molecular flexibility index (Phi) is 6.63. The van der Waals surface area contributed by atoms with Crippen LogP contribution in [0.25, 0.3) is 5.65 Å². The largest absolute Gasteiger partial charge is 0.374 e. The Balaban J connectivity index is 1.27. The molecule has 1 fully saturated rings. The molecule has 7 nitrogen and oxygen atoms in total. The Bertz CT molecular complexity index is 1050. The minimum atomic E-state index is 0.0231. The van der Waals surface area contributed by atoms with Crippen LogP contribution < -0.4 is 5.32 Å². The summed E-state index contributed by atoms with van der Waals surface area (Å²) >= 11 is 0. The molecule has 7 heteroatoms. The Labute approximate surface area is 183 Å². The van der Waals surface area contributed by atoms with Crippen molar-refractivity contribution in [3.63, 3.8) is 0 Å². The van der Waals surface area contributed by atoms with Crippen LogP contribution >= 0.6 is 0 Å². The molecule has 1 aliphatic heterocycles. The number of nitrogens with one attached hydrogen (secondary N) is 1. The summed E-state index contributed by atoms with van der Waals surface area (Å²) in [6.45, 7) is 9.89. The van der Waals surface area contributed by atoms with Gasteiger partial charge in [0.25, 0.3) is 0 Å². The van der Waals surface area contributed by atoms with Crippen molar-refractivity contribution in [2.45, 2.75) is 46.3 Å². The topological polar surface area (TPSA) is 71.8 Å². The highest BCUT2D eigenvalue weighted by Gasteiger charge is 2.21. The fourth-order valence-corrected chi connectivity index (χ4v) is 4.25. The van der Waals surface area contributed by atoms with Crippen molar-refractivity contribution in [2.24, 2.45) is 0 Å². The summed E-state index contributed by atoms with van der Waals surface area (Å²) in [6, 6.07) is 12.4. The van der Waals surface area contributed by atoms with Crippen molar-refractivity contribution >= 4 is 11.6 Å². The van der Waals surface area contributed by atoms with Gasteiger partial charge in [-0.2, -0.15) is 5.10 Å². The third-order valence-electron chi connectivity index (χ3n) is 5.89. The maximum absolute atomic E-state index is 12.5. The van der Waals surface area contributed by atoms with Crippen LogP contribution in [0.3, 0.4) is 0 Å². The molecule has 4 rings (SSSR count). The summed E-state index contributed by atoms with van der Waals surface area (Å²) in [5.74, 6) is 0.0410. The molecular formula is C24H31N5O2. The lowest BCUT2D eigenvalue weighted by molar-refractivity contribution is -0.122.